The van der Waals surface area contributed by atoms with Crippen LogP contribution >= 0.6 is 0 Å². The smallest absolute Gasteiger partial charge is 0.303 e. The van der Waals surface area contributed by atoms with E-state index in [2.05, 4.69) is 15.3 Å². The molecule has 0 aromatic heterocycles. The predicted octanol–water partition coefficient (Wildman–Crippen LogP) is 1.46. The van der Waals surface area contributed by atoms with Gasteiger partial charge < -0.3 is 33.7 Å². The summed E-state index contributed by atoms with van der Waals surface area (Å²) in [6, 6.07) is 0. The van der Waals surface area contributed by atoms with Crippen LogP contribution in [0.1, 0.15) is 59.8 Å². The fraction of sp³-hybridized carbons (Fsp3) is 0.783. The molecule has 5 atom stereocenters. The number of carbonyl (C=O) groups is 5. The summed E-state index contributed by atoms with van der Waals surface area (Å²) in [7, 11) is 0. The van der Waals surface area contributed by atoms with E-state index < -0.39 is 54.6 Å². The first-order valence-corrected chi connectivity index (χ1v) is 12.2. The highest BCUT2D eigenvalue weighted by Gasteiger charge is 2.52. The van der Waals surface area contributed by atoms with Crippen LogP contribution in [0.3, 0.4) is 0 Å². The van der Waals surface area contributed by atoms with Crippen LogP contribution in [0, 0.1) is 0 Å². The lowest BCUT2D eigenvalue weighted by atomic mass is 9.98. The van der Waals surface area contributed by atoms with Crippen molar-refractivity contribution in [2.24, 2.45) is 5.11 Å². The Labute approximate surface area is 220 Å². The van der Waals surface area contributed by atoms with Crippen molar-refractivity contribution in [2.75, 3.05) is 26.3 Å². The number of esters is 4. The highest BCUT2D eigenvalue weighted by molar-refractivity contribution is 5.75. The minimum Gasteiger partial charge on any atom is -0.463 e. The average molecular weight is 545 g/mol. The van der Waals surface area contributed by atoms with Gasteiger partial charge in [-0.15, -0.1) is 0 Å². The lowest BCUT2D eigenvalue weighted by molar-refractivity contribution is -0.308. The van der Waals surface area contributed by atoms with E-state index in [0.717, 1.165) is 27.2 Å². The van der Waals surface area contributed by atoms with Crippen molar-refractivity contribution in [3.63, 3.8) is 0 Å². The molecule has 1 fully saturated rings. The summed E-state index contributed by atoms with van der Waals surface area (Å²) in [4.78, 5) is 61.4. The predicted molar refractivity (Wildman–Crippen MR) is 128 cm³/mol. The van der Waals surface area contributed by atoms with Crippen LogP contribution < -0.4 is 5.32 Å². The van der Waals surface area contributed by atoms with Gasteiger partial charge in [-0.25, -0.2) is 0 Å². The second kappa shape index (κ2) is 17.9. The monoisotopic (exact) mass is 544 g/mol. The molecule has 214 valence electrons. The quantitative estimate of drug-likeness (QED) is 0.0736. The van der Waals surface area contributed by atoms with Gasteiger partial charge >= 0.3 is 23.9 Å². The lowest BCUT2D eigenvalue weighted by Crippen LogP contribution is -2.63. The molecule has 1 aliphatic rings. The fourth-order valence-electron chi connectivity index (χ4n) is 3.60. The van der Waals surface area contributed by atoms with Crippen molar-refractivity contribution in [2.45, 2.75) is 90.5 Å². The molecule has 0 aliphatic carbocycles. The van der Waals surface area contributed by atoms with E-state index in [-0.39, 0.29) is 19.1 Å². The SMILES string of the molecule is CC(=O)OCC1O[C@@H](OCCCNC(=O)CCCCCN=[N+]=[N-])C(OC(C)=O)C(OC(C)=O)[C@H]1OC(C)=O. The molecule has 1 rings (SSSR count). The van der Waals surface area contributed by atoms with Crippen molar-refractivity contribution in [3.05, 3.63) is 10.4 Å². The Kier molecular flexibility index (Phi) is 15.4. The highest BCUT2D eigenvalue weighted by Crippen LogP contribution is 2.30. The molecule has 38 heavy (non-hydrogen) atoms. The van der Waals surface area contributed by atoms with Gasteiger partial charge in [0.15, 0.2) is 24.6 Å². The molecule has 0 aromatic carbocycles. The van der Waals surface area contributed by atoms with E-state index in [1.54, 1.807) is 0 Å². The molecular weight excluding hydrogens is 508 g/mol. The summed E-state index contributed by atoms with van der Waals surface area (Å²) in [6.07, 6.45) is -3.39. The molecule has 0 bridgehead atoms. The van der Waals surface area contributed by atoms with Gasteiger partial charge in [-0.3, -0.25) is 24.0 Å². The first-order chi connectivity index (χ1) is 18.0. The van der Waals surface area contributed by atoms with Crippen LogP contribution in [-0.4, -0.2) is 86.8 Å². The summed E-state index contributed by atoms with van der Waals surface area (Å²) >= 11 is 0. The Morgan fingerprint density at radius 1 is 0.842 bits per heavy atom. The average Bonchev–Trinajstić information content (AvgIpc) is 2.82. The Hall–Kier alpha value is -3.42. The minimum absolute atomic E-state index is 0.0557. The van der Waals surface area contributed by atoms with Gasteiger partial charge in [0.1, 0.15) is 12.7 Å². The number of amides is 1. The second-order valence-corrected chi connectivity index (χ2v) is 8.41. The molecule has 1 N–H and O–H groups in total. The summed E-state index contributed by atoms with van der Waals surface area (Å²) in [5.74, 6) is -2.95. The van der Waals surface area contributed by atoms with E-state index in [1.165, 1.54) is 6.92 Å². The second-order valence-electron chi connectivity index (χ2n) is 8.41. The first-order valence-electron chi connectivity index (χ1n) is 12.2. The van der Waals surface area contributed by atoms with Gasteiger partial charge in [-0.2, -0.15) is 0 Å². The molecule has 15 nitrogen and oxygen atoms in total. The number of hydrogen-bond acceptors (Lipinski definition) is 12. The van der Waals surface area contributed by atoms with Crippen LogP contribution in [0.5, 0.6) is 0 Å². The van der Waals surface area contributed by atoms with Crippen molar-refractivity contribution >= 4 is 29.8 Å². The van der Waals surface area contributed by atoms with E-state index >= 15 is 0 Å². The summed E-state index contributed by atoms with van der Waals surface area (Å²) in [5.41, 5.74) is 8.23. The number of ether oxygens (including phenoxy) is 6. The normalized spacial score (nSPS) is 22.4. The Morgan fingerprint density at radius 2 is 1.47 bits per heavy atom. The Bertz CT molecular complexity index is 862. The molecule has 1 saturated heterocycles. The Morgan fingerprint density at radius 3 is 2.08 bits per heavy atom. The number of azide groups is 1. The third-order valence-electron chi connectivity index (χ3n) is 5.10. The Balaban J connectivity index is 2.78. The molecule has 1 aliphatic heterocycles. The number of hydrogen-bond donors (Lipinski definition) is 1. The molecule has 3 unspecified atom stereocenters. The van der Waals surface area contributed by atoms with Crippen LogP contribution in [0.25, 0.3) is 10.4 Å². The van der Waals surface area contributed by atoms with Gasteiger partial charge in [0.2, 0.25) is 5.91 Å². The van der Waals surface area contributed by atoms with Gasteiger partial charge in [-0.05, 0) is 24.8 Å². The standard InChI is InChI=1S/C23H36N4O11/c1-14(28)34-13-18-20(35-15(2)29)21(36-16(3)30)22(37-17(4)31)23(38-18)33-12-8-10-25-19(32)9-6-5-7-11-26-27-24/h18,20-23H,5-13H2,1-4H3,(H,25,32)/t18?,20-,21?,22?,23+/m0/s1. The molecule has 0 saturated carbocycles. The van der Waals surface area contributed by atoms with Crippen molar-refractivity contribution in [1.82, 2.24) is 5.32 Å². The van der Waals surface area contributed by atoms with Crippen molar-refractivity contribution in [3.8, 4) is 0 Å². The largest absolute Gasteiger partial charge is 0.463 e. The fourth-order valence-corrected chi connectivity index (χ4v) is 3.60. The molecule has 1 heterocycles. The van der Waals surface area contributed by atoms with E-state index in [4.69, 9.17) is 34.0 Å². The van der Waals surface area contributed by atoms with Gasteiger partial charge in [0.05, 0.1) is 6.61 Å². The maximum atomic E-state index is 12.0. The van der Waals surface area contributed by atoms with Crippen molar-refractivity contribution < 1.29 is 52.4 Å². The number of nitrogens with one attached hydrogen (secondary N) is 1. The number of nitrogens with zero attached hydrogens (tertiary/aromatic N) is 3. The third kappa shape index (κ3) is 13.2. The number of rotatable bonds is 16. The van der Waals surface area contributed by atoms with Crippen LogP contribution in [-0.2, 0) is 52.4 Å². The molecule has 0 aromatic rings. The van der Waals surface area contributed by atoms with Crippen LogP contribution in [0.15, 0.2) is 5.11 Å². The molecule has 0 radical (unpaired) electrons. The van der Waals surface area contributed by atoms with E-state index in [0.29, 0.717) is 38.8 Å². The number of unbranched alkanes of at least 4 members (excludes halogenated alkanes) is 2. The molecule has 0 spiro atoms. The van der Waals surface area contributed by atoms with E-state index in [9.17, 15) is 24.0 Å². The lowest BCUT2D eigenvalue weighted by Gasteiger charge is -2.44. The molecule has 15 heteroatoms. The highest BCUT2D eigenvalue weighted by atomic mass is 16.7. The summed E-state index contributed by atoms with van der Waals surface area (Å²) in [6.45, 7) is 4.98. The van der Waals surface area contributed by atoms with Gasteiger partial charge in [-0.1, -0.05) is 11.5 Å². The first kappa shape index (κ1) is 32.6. The summed E-state index contributed by atoms with van der Waals surface area (Å²) in [5, 5.41) is 6.20. The third-order valence-corrected chi connectivity index (χ3v) is 5.10. The molecular formula is C23H36N4O11. The van der Waals surface area contributed by atoms with Crippen LogP contribution in [0.2, 0.25) is 0 Å². The topological polar surface area (TPSA) is 202 Å². The minimum atomic E-state index is -1.31. The number of carbonyl (C=O) groups excluding carboxylic acids is 5. The van der Waals surface area contributed by atoms with Crippen molar-refractivity contribution in [1.29, 1.82) is 0 Å². The van der Waals surface area contributed by atoms with Gasteiger partial charge in [0.25, 0.3) is 0 Å². The van der Waals surface area contributed by atoms with Gasteiger partial charge in [0, 0.05) is 52.1 Å². The zero-order chi connectivity index (χ0) is 28.5. The zero-order valence-corrected chi connectivity index (χ0v) is 22.1. The summed E-state index contributed by atoms with van der Waals surface area (Å²) < 4.78 is 32.5. The molecule has 1 amide bonds. The maximum absolute atomic E-state index is 12.0. The zero-order valence-electron chi connectivity index (χ0n) is 22.1. The maximum Gasteiger partial charge on any atom is 0.303 e. The van der Waals surface area contributed by atoms with E-state index in [1.807, 2.05) is 0 Å². The van der Waals surface area contributed by atoms with Crippen LogP contribution in [0.4, 0.5) is 0 Å².